The van der Waals surface area contributed by atoms with Gasteiger partial charge in [0.1, 0.15) is 11.4 Å². The minimum atomic E-state index is -0.550. The SMILES string of the molecule is Cc1ccc(C(=O)CC(C)NC(=O)OC(C)(C)C)o1. The molecule has 1 aromatic rings. The molecule has 0 bridgehead atoms. The van der Waals surface area contributed by atoms with E-state index in [-0.39, 0.29) is 18.2 Å². The van der Waals surface area contributed by atoms with Crippen molar-refractivity contribution in [1.29, 1.82) is 0 Å². The standard InChI is InChI=1S/C14H21NO4/c1-9(15-13(17)19-14(3,4)5)8-11(16)12-7-6-10(2)18-12/h6-7,9H,8H2,1-5H3,(H,15,17). The van der Waals surface area contributed by atoms with Gasteiger partial charge in [0.2, 0.25) is 0 Å². The number of amides is 1. The van der Waals surface area contributed by atoms with Gasteiger partial charge in [0.25, 0.3) is 0 Å². The first-order valence-electron chi connectivity index (χ1n) is 6.26. The largest absolute Gasteiger partial charge is 0.458 e. The van der Waals surface area contributed by atoms with Crippen LogP contribution in [-0.2, 0) is 4.74 Å². The number of aryl methyl sites for hydroxylation is 1. The smallest absolute Gasteiger partial charge is 0.407 e. The zero-order chi connectivity index (χ0) is 14.6. The van der Waals surface area contributed by atoms with Crippen LogP contribution in [0.1, 0.15) is 50.4 Å². The lowest BCUT2D eigenvalue weighted by Gasteiger charge is -2.21. The quantitative estimate of drug-likeness (QED) is 0.851. The Kier molecular flexibility index (Phi) is 4.75. The van der Waals surface area contributed by atoms with E-state index in [0.29, 0.717) is 11.5 Å². The molecule has 0 spiro atoms. The van der Waals surface area contributed by atoms with Crippen molar-refractivity contribution in [1.82, 2.24) is 5.32 Å². The number of Topliss-reactive ketones (excluding diaryl/α,β-unsaturated/α-hetero) is 1. The Morgan fingerprint density at radius 1 is 1.37 bits per heavy atom. The van der Waals surface area contributed by atoms with Crippen LogP contribution in [-0.4, -0.2) is 23.5 Å². The highest BCUT2D eigenvalue weighted by Crippen LogP contribution is 2.11. The van der Waals surface area contributed by atoms with E-state index in [1.165, 1.54) is 0 Å². The Labute approximate surface area is 113 Å². The van der Waals surface area contributed by atoms with Crippen molar-refractivity contribution in [3.05, 3.63) is 23.7 Å². The molecular weight excluding hydrogens is 246 g/mol. The van der Waals surface area contributed by atoms with Crippen LogP contribution in [0.3, 0.4) is 0 Å². The van der Waals surface area contributed by atoms with E-state index in [4.69, 9.17) is 9.15 Å². The lowest BCUT2D eigenvalue weighted by atomic mass is 10.1. The zero-order valence-electron chi connectivity index (χ0n) is 12.1. The number of hydrogen-bond donors (Lipinski definition) is 1. The summed E-state index contributed by atoms with van der Waals surface area (Å²) in [5.74, 6) is 0.864. The van der Waals surface area contributed by atoms with Crippen molar-refractivity contribution >= 4 is 11.9 Å². The van der Waals surface area contributed by atoms with Gasteiger partial charge in [0, 0.05) is 12.5 Å². The minimum absolute atomic E-state index is 0.142. The molecule has 1 heterocycles. The molecule has 1 N–H and O–H groups in total. The highest BCUT2D eigenvalue weighted by atomic mass is 16.6. The predicted molar refractivity (Wildman–Crippen MR) is 71.2 cm³/mol. The summed E-state index contributed by atoms with van der Waals surface area (Å²) in [7, 11) is 0. The zero-order valence-corrected chi connectivity index (χ0v) is 12.1. The first kappa shape index (κ1) is 15.3. The molecule has 0 aliphatic carbocycles. The molecule has 1 aromatic heterocycles. The van der Waals surface area contributed by atoms with E-state index >= 15 is 0 Å². The first-order valence-corrected chi connectivity index (χ1v) is 6.26. The molecular formula is C14H21NO4. The summed E-state index contributed by atoms with van der Waals surface area (Å²) in [5, 5.41) is 2.62. The van der Waals surface area contributed by atoms with Crippen LogP contribution >= 0.6 is 0 Å². The second kappa shape index (κ2) is 5.91. The average Bonchev–Trinajstić information content (AvgIpc) is 2.61. The van der Waals surface area contributed by atoms with Gasteiger partial charge in [-0.05, 0) is 46.8 Å². The first-order chi connectivity index (χ1) is 8.67. The number of alkyl carbamates (subject to hydrolysis) is 1. The van der Waals surface area contributed by atoms with Crippen LogP contribution in [0.4, 0.5) is 4.79 Å². The molecule has 1 amide bonds. The number of ketones is 1. The van der Waals surface area contributed by atoms with Crippen molar-refractivity contribution in [2.24, 2.45) is 0 Å². The summed E-state index contributed by atoms with van der Waals surface area (Å²) < 4.78 is 10.4. The summed E-state index contributed by atoms with van der Waals surface area (Å²) in [6, 6.07) is 3.06. The molecule has 0 aromatic carbocycles. The topological polar surface area (TPSA) is 68.5 Å². The van der Waals surface area contributed by atoms with Gasteiger partial charge in [0.15, 0.2) is 11.5 Å². The Hall–Kier alpha value is -1.78. The van der Waals surface area contributed by atoms with Crippen LogP contribution in [0.25, 0.3) is 0 Å². The lowest BCUT2D eigenvalue weighted by molar-refractivity contribution is 0.0506. The van der Waals surface area contributed by atoms with Gasteiger partial charge in [-0.2, -0.15) is 0 Å². The fraction of sp³-hybridized carbons (Fsp3) is 0.571. The molecule has 5 heteroatoms. The van der Waals surface area contributed by atoms with Gasteiger partial charge in [0.05, 0.1) is 0 Å². The van der Waals surface area contributed by atoms with Crippen LogP contribution < -0.4 is 5.32 Å². The van der Waals surface area contributed by atoms with E-state index < -0.39 is 11.7 Å². The summed E-state index contributed by atoms with van der Waals surface area (Å²) in [6.07, 6.45) is -0.352. The number of hydrogen-bond acceptors (Lipinski definition) is 4. The third kappa shape index (κ3) is 5.59. The summed E-state index contributed by atoms with van der Waals surface area (Å²) in [4.78, 5) is 23.4. The van der Waals surface area contributed by atoms with E-state index in [0.717, 1.165) is 0 Å². The highest BCUT2D eigenvalue weighted by Gasteiger charge is 2.20. The molecule has 1 unspecified atom stereocenters. The van der Waals surface area contributed by atoms with E-state index in [9.17, 15) is 9.59 Å². The molecule has 0 aliphatic heterocycles. The van der Waals surface area contributed by atoms with Crippen LogP contribution in [0.5, 0.6) is 0 Å². The Morgan fingerprint density at radius 2 is 2.00 bits per heavy atom. The summed E-state index contributed by atoms with van der Waals surface area (Å²) in [6.45, 7) is 8.88. The number of rotatable bonds is 4. The highest BCUT2D eigenvalue weighted by molar-refractivity contribution is 5.94. The van der Waals surface area contributed by atoms with Crippen LogP contribution in [0.2, 0.25) is 0 Å². The van der Waals surface area contributed by atoms with E-state index in [2.05, 4.69) is 5.32 Å². The molecule has 5 nitrogen and oxygen atoms in total. The van der Waals surface area contributed by atoms with Gasteiger partial charge >= 0.3 is 6.09 Å². The molecule has 0 saturated heterocycles. The molecule has 1 rings (SSSR count). The molecule has 19 heavy (non-hydrogen) atoms. The maximum absolute atomic E-state index is 11.8. The fourth-order valence-corrected chi connectivity index (χ4v) is 1.52. The molecule has 0 radical (unpaired) electrons. The number of nitrogens with one attached hydrogen (secondary N) is 1. The van der Waals surface area contributed by atoms with Crippen molar-refractivity contribution in [2.75, 3.05) is 0 Å². The van der Waals surface area contributed by atoms with Gasteiger partial charge in [-0.1, -0.05) is 0 Å². The predicted octanol–water partition coefficient (Wildman–Crippen LogP) is 3.07. The molecule has 0 aliphatic rings. The number of ether oxygens (including phenoxy) is 1. The normalized spacial score (nSPS) is 12.9. The molecule has 1 atom stereocenters. The van der Waals surface area contributed by atoms with Crippen molar-refractivity contribution in [3.8, 4) is 0 Å². The van der Waals surface area contributed by atoms with Gasteiger partial charge in [-0.3, -0.25) is 4.79 Å². The van der Waals surface area contributed by atoms with Crippen LogP contribution in [0.15, 0.2) is 16.5 Å². The van der Waals surface area contributed by atoms with E-state index in [1.54, 1.807) is 46.8 Å². The Balaban J connectivity index is 2.45. The summed E-state index contributed by atoms with van der Waals surface area (Å²) >= 11 is 0. The Morgan fingerprint density at radius 3 is 2.47 bits per heavy atom. The second-order valence-electron chi connectivity index (χ2n) is 5.58. The van der Waals surface area contributed by atoms with Gasteiger partial charge in [-0.15, -0.1) is 0 Å². The number of carbonyl (C=O) groups is 2. The fourth-order valence-electron chi connectivity index (χ4n) is 1.52. The monoisotopic (exact) mass is 267 g/mol. The third-order valence-corrected chi connectivity index (χ3v) is 2.27. The number of carbonyl (C=O) groups excluding carboxylic acids is 2. The van der Waals surface area contributed by atoms with Crippen LogP contribution in [0, 0.1) is 6.92 Å². The number of furan rings is 1. The maximum Gasteiger partial charge on any atom is 0.407 e. The van der Waals surface area contributed by atoms with Crippen molar-refractivity contribution in [3.63, 3.8) is 0 Å². The van der Waals surface area contributed by atoms with Gasteiger partial charge < -0.3 is 14.5 Å². The third-order valence-electron chi connectivity index (χ3n) is 2.27. The van der Waals surface area contributed by atoms with Crippen molar-refractivity contribution in [2.45, 2.75) is 52.7 Å². The average molecular weight is 267 g/mol. The lowest BCUT2D eigenvalue weighted by Crippen LogP contribution is -2.38. The minimum Gasteiger partial charge on any atom is -0.458 e. The molecule has 0 saturated carbocycles. The summed E-state index contributed by atoms with van der Waals surface area (Å²) in [5.41, 5.74) is -0.550. The Bertz CT molecular complexity index is 456. The molecule has 106 valence electrons. The second-order valence-corrected chi connectivity index (χ2v) is 5.58. The molecule has 0 fully saturated rings. The van der Waals surface area contributed by atoms with E-state index in [1.807, 2.05) is 0 Å². The maximum atomic E-state index is 11.8. The van der Waals surface area contributed by atoms with Gasteiger partial charge in [-0.25, -0.2) is 4.79 Å². The van der Waals surface area contributed by atoms with Crippen molar-refractivity contribution < 1.29 is 18.7 Å².